The molecule has 0 bridgehead atoms. The molecule has 1 heterocycles. The zero-order valence-corrected chi connectivity index (χ0v) is 12.0. The third-order valence-electron chi connectivity index (χ3n) is 2.97. The Hall–Kier alpha value is -2.40. The van der Waals surface area contributed by atoms with Gasteiger partial charge in [0.25, 0.3) is 0 Å². The molecule has 0 aliphatic heterocycles. The Morgan fingerprint density at radius 1 is 1.14 bits per heavy atom. The van der Waals surface area contributed by atoms with E-state index in [0.717, 1.165) is 11.1 Å². The molecule has 5 nitrogen and oxygen atoms in total. The minimum atomic E-state index is -0.438. The predicted octanol–water partition coefficient (Wildman–Crippen LogP) is 2.59. The molecule has 110 valence electrons. The van der Waals surface area contributed by atoms with Crippen molar-refractivity contribution >= 4 is 5.97 Å². The molecule has 0 amide bonds. The summed E-state index contributed by atoms with van der Waals surface area (Å²) in [4.78, 5) is 15.9. The first kappa shape index (κ1) is 15.0. The van der Waals surface area contributed by atoms with E-state index in [-0.39, 0.29) is 6.61 Å². The maximum Gasteiger partial charge on any atom is 0.342 e. The maximum absolute atomic E-state index is 11.9. The highest BCUT2D eigenvalue weighted by atomic mass is 16.5. The minimum absolute atomic E-state index is 0.288. The Bertz CT molecular complexity index is 598. The molecular weight excluding hydrogens is 270 g/mol. The molecule has 0 N–H and O–H groups in total. The van der Waals surface area contributed by atoms with Crippen LogP contribution in [0.5, 0.6) is 5.75 Å². The molecule has 0 saturated carbocycles. The van der Waals surface area contributed by atoms with Gasteiger partial charge in [-0.3, -0.25) is 4.98 Å². The van der Waals surface area contributed by atoms with Crippen molar-refractivity contribution in [2.24, 2.45) is 0 Å². The quantitative estimate of drug-likeness (QED) is 0.764. The van der Waals surface area contributed by atoms with Gasteiger partial charge in [-0.05, 0) is 23.3 Å². The van der Waals surface area contributed by atoms with E-state index in [1.54, 1.807) is 18.5 Å². The lowest BCUT2D eigenvalue weighted by Gasteiger charge is -2.12. The van der Waals surface area contributed by atoms with Crippen molar-refractivity contribution in [3.8, 4) is 5.75 Å². The van der Waals surface area contributed by atoms with Crippen LogP contribution in [0.3, 0.4) is 0 Å². The zero-order valence-electron chi connectivity index (χ0n) is 12.0. The highest BCUT2D eigenvalue weighted by Crippen LogP contribution is 2.24. The molecule has 0 aliphatic rings. The Morgan fingerprint density at radius 3 is 2.67 bits per heavy atom. The number of hydrogen-bond donors (Lipinski definition) is 0. The van der Waals surface area contributed by atoms with E-state index in [1.807, 2.05) is 24.3 Å². The number of nitrogens with zero attached hydrogens (tertiary/aromatic N) is 1. The SMILES string of the molecule is COC(=O)c1c(COCc2cccnc2)cccc1OC. The van der Waals surface area contributed by atoms with Gasteiger partial charge in [0, 0.05) is 12.4 Å². The lowest BCUT2D eigenvalue weighted by Crippen LogP contribution is -2.09. The number of aromatic nitrogens is 1. The molecule has 0 radical (unpaired) electrons. The number of carbonyl (C=O) groups is 1. The number of pyridine rings is 1. The van der Waals surface area contributed by atoms with Crippen molar-refractivity contribution in [1.82, 2.24) is 4.98 Å². The Morgan fingerprint density at radius 2 is 2.00 bits per heavy atom. The highest BCUT2D eigenvalue weighted by Gasteiger charge is 2.17. The van der Waals surface area contributed by atoms with Crippen LogP contribution in [0.25, 0.3) is 0 Å². The minimum Gasteiger partial charge on any atom is -0.496 e. The van der Waals surface area contributed by atoms with E-state index >= 15 is 0 Å². The van der Waals surface area contributed by atoms with Crippen molar-refractivity contribution in [1.29, 1.82) is 0 Å². The lowest BCUT2D eigenvalue weighted by atomic mass is 10.1. The van der Waals surface area contributed by atoms with Crippen molar-refractivity contribution in [3.63, 3.8) is 0 Å². The second-order valence-electron chi connectivity index (χ2n) is 4.34. The molecule has 0 fully saturated rings. The van der Waals surface area contributed by atoms with Crippen molar-refractivity contribution in [2.75, 3.05) is 14.2 Å². The molecule has 5 heteroatoms. The first-order chi connectivity index (χ1) is 10.3. The van der Waals surface area contributed by atoms with Gasteiger partial charge in [-0.25, -0.2) is 4.79 Å². The fourth-order valence-electron chi connectivity index (χ4n) is 1.96. The summed E-state index contributed by atoms with van der Waals surface area (Å²) in [5.74, 6) is 0.0387. The Balaban J connectivity index is 2.10. The second-order valence-corrected chi connectivity index (χ2v) is 4.34. The molecule has 0 atom stereocenters. The van der Waals surface area contributed by atoms with Gasteiger partial charge in [0.15, 0.2) is 0 Å². The van der Waals surface area contributed by atoms with Crippen LogP contribution in [0.15, 0.2) is 42.7 Å². The van der Waals surface area contributed by atoms with E-state index in [9.17, 15) is 4.79 Å². The topological polar surface area (TPSA) is 57.7 Å². The number of hydrogen-bond acceptors (Lipinski definition) is 5. The fourth-order valence-corrected chi connectivity index (χ4v) is 1.96. The van der Waals surface area contributed by atoms with Crippen LogP contribution < -0.4 is 4.74 Å². The number of benzene rings is 1. The number of carbonyl (C=O) groups excluding carboxylic acids is 1. The van der Waals surface area contributed by atoms with Crippen molar-refractivity contribution in [2.45, 2.75) is 13.2 Å². The number of methoxy groups -OCH3 is 2. The molecule has 0 spiro atoms. The Labute approximate surface area is 123 Å². The van der Waals surface area contributed by atoms with Gasteiger partial charge in [-0.1, -0.05) is 18.2 Å². The molecule has 1 aromatic carbocycles. The molecule has 0 saturated heterocycles. The summed E-state index contributed by atoms with van der Waals surface area (Å²) in [6, 6.07) is 9.13. The number of esters is 1. The van der Waals surface area contributed by atoms with Crippen LogP contribution in [0, 0.1) is 0 Å². The van der Waals surface area contributed by atoms with Gasteiger partial charge in [-0.2, -0.15) is 0 Å². The average molecular weight is 287 g/mol. The van der Waals surface area contributed by atoms with Crippen molar-refractivity contribution in [3.05, 3.63) is 59.4 Å². The molecule has 2 rings (SSSR count). The van der Waals surface area contributed by atoms with Gasteiger partial charge < -0.3 is 14.2 Å². The summed E-state index contributed by atoms with van der Waals surface area (Å²) in [7, 11) is 2.86. The van der Waals surface area contributed by atoms with Crippen LogP contribution in [0.1, 0.15) is 21.5 Å². The molecule has 0 unspecified atom stereocenters. The van der Waals surface area contributed by atoms with E-state index in [4.69, 9.17) is 14.2 Å². The Kier molecular flexibility index (Phi) is 5.29. The van der Waals surface area contributed by atoms with E-state index < -0.39 is 5.97 Å². The van der Waals surface area contributed by atoms with E-state index in [0.29, 0.717) is 17.9 Å². The predicted molar refractivity (Wildman–Crippen MR) is 77.1 cm³/mol. The zero-order chi connectivity index (χ0) is 15.1. The summed E-state index contributed by atoms with van der Waals surface area (Å²) in [6.45, 7) is 0.711. The van der Waals surface area contributed by atoms with Crippen LogP contribution in [-0.4, -0.2) is 25.2 Å². The van der Waals surface area contributed by atoms with E-state index in [1.165, 1.54) is 14.2 Å². The fraction of sp³-hybridized carbons (Fsp3) is 0.250. The van der Waals surface area contributed by atoms with Crippen LogP contribution >= 0.6 is 0 Å². The third kappa shape index (κ3) is 3.79. The second kappa shape index (κ2) is 7.40. The molecule has 0 aliphatic carbocycles. The van der Waals surface area contributed by atoms with Gasteiger partial charge in [0.2, 0.25) is 0 Å². The van der Waals surface area contributed by atoms with Gasteiger partial charge >= 0.3 is 5.97 Å². The molecular formula is C16H17NO4. The molecule has 21 heavy (non-hydrogen) atoms. The van der Waals surface area contributed by atoms with Crippen LogP contribution in [0.4, 0.5) is 0 Å². The van der Waals surface area contributed by atoms with Crippen LogP contribution in [0.2, 0.25) is 0 Å². The maximum atomic E-state index is 11.9. The third-order valence-corrected chi connectivity index (χ3v) is 2.97. The summed E-state index contributed by atoms with van der Waals surface area (Å²) >= 11 is 0. The first-order valence-corrected chi connectivity index (χ1v) is 6.47. The molecule has 2 aromatic rings. The number of rotatable bonds is 6. The van der Waals surface area contributed by atoms with Crippen molar-refractivity contribution < 1.29 is 19.0 Å². The standard InChI is InChI=1S/C16H17NO4/c1-19-14-7-3-6-13(15(14)16(18)20-2)11-21-10-12-5-4-8-17-9-12/h3-9H,10-11H2,1-2H3. The smallest absolute Gasteiger partial charge is 0.342 e. The normalized spacial score (nSPS) is 10.2. The van der Waals surface area contributed by atoms with Crippen LogP contribution in [-0.2, 0) is 22.7 Å². The monoisotopic (exact) mass is 287 g/mol. The largest absolute Gasteiger partial charge is 0.496 e. The highest BCUT2D eigenvalue weighted by molar-refractivity contribution is 5.94. The number of ether oxygens (including phenoxy) is 3. The van der Waals surface area contributed by atoms with Gasteiger partial charge in [0.05, 0.1) is 27.4 Å². The van der Waals surface area contributed by atoms with Gasteiger partial charge in [-0.15, -0.1) is 0 Å². The van der Waals surface area contributed by atoms with Gasteiger partial charge in [0.1, 0.15) is 11.3 Å². The van der Waals surface area contributed by atoms with E-state index in [2.05, 4.69) is 4.98 Å². The summed E-state index contributed by atoms with van der Waals surface area (Å²) in [5, 5.41) is 0. The average Bonchev–Trinajstić information content (AvgIpc) is 2.54. The summed E-state index contributed by atoms with van der Waals surface area (Å²) in [6.07, 6.45) is 3.45. The lowest BCUT2D eigenvalue weighted by molar-refractivity contribution is 0.0585. The first-order valence-electron chi connectivity index (χ1n) is 6.47. The summed E-state index contributed by atoms with van der Waals surface area (Å²) in [5.41, 5.74) is 2.10. The molecule has 1 aromatic heterocycles. The summed E-state index contributed by atoms with van der Waals surface area (Å²) < 4.78 is 15.6.